The van der Waals surface area contributed by atoms with Crippen LogP contribution in [0.15, 0.2) is 16.8 Å². The highest BCUT2D eigenvalue weighted by Gasteiger charge is 2.36. The van der Waals surface area contributed by atoms with Gasteiger partial charge in [-0.25, -0.2) is 0 Å². The quantitative estimate of drug-likeness (QED) is 0.804. The molecule has 152 valence electrons. The summed E-state index contributed by atoms with van der Waals surface area (Å²) in [6, 6.07) is 1.44. The zero-order chi connectivity index (χ0) is 20.4. The summed E-state index contributed by atoms with van der Waals surface area (Å²) in [6.07, 6.45) is 1.73. The van der Waals surface area contributed by atoms with E-state index in [-0.39, 0.29) is 42.1 Å². The molecule has 0 saturated carbocycles. The van der Waals surface area contributed by atoms with E-state index in [1.165, 1.54) is 0 Å². The zero-order valence-electron chi connectivity index (χ0n) is 16.9. The number of hydrogen-bond acceptors (Lipinski definition) is 6. The highest BCUT2D eigenvalue weighted by atomic mass is 16.5. The first-order chi connectivity index (χ1) is 13.3. The molecule has 3 heterocycles. The molecule has 0 spiro atoms. The van der Waals surface area contributed by atoms with Gasteiger partial charge in [0, 0.05) is 38.9 Å². The topological polar surface area (TPSA) is 102 Å². The Balaban J connectivity index is 1.67. The predicted molar refractivity (Wildman–Crippen MR) is 101 cm³/mol. The SMILES string of the molecule is COCc1cc(C(=O)N2C[C@@H](C)[C@@H](NC(=O)c3c(C(C)C)cnn3C)C2)on1. The zero-order valence-corrected chi connectivity index (χ0v) is 16.9. The van der Waals surface area contributed by atoms with Gasteiger partial charge >= 0.3 is 0 Å². The Morgan fingerprint density at radius 3 is 2.82 bits per heavy atom. The van der Waals surface area contributed by atoms with Crippen LogP contribution < -0.4 is 5.32 Å². The minimum atomic E-state index is -0.234. The molecule has 28 heavy (non-hydrogen) atoms. The van der Waals surface area contributed by atoms with Gasteiger partial charge in [0.1, 0.15) is 11.4 Å². The number of ether oxygens (including phenoxy) is 1. The second-order valence-corrected chi connectivity index (χ2v) is 7.61. The van der Waals surface area contributed by atoms with Crippen LogP contribution in [0.25, 0.3) is 0 Å². The number of rotatable bonds is 6. The van der Waals surface area contributed by atoms with Gasteiger partial charge in [-0.05, 0) is 11.8 Å². The third kappa shape index (κ3) is 3.94. The molecule has 0 unspecified atom stereocenters. The molecule has 1 aliphatic heterocycles. The van der Waals surface area contributed by atoms with Gasteiger partial charge in [0.15, 0.2) is 0 Å². The molecule has 0 aliphatic carbocycles. The lowest BCUT2D eigenvalue weighted by atomic mass is 10.0. The van der Waals surface area contributed by atoms with Crippen LogP contribution in [0, 0.1) is 5.92 Å². The first kappa shape index (κ1) is 20.1. The van der Waals surface area contributed by atoms with Crippen LogP contribution in [0.1, 0.15) is 59.0 Å². The van der Waals surface area contributed by atoms with Crippen LogP contribution >= 0.6 is 0 Å². The van der Waals surface area contributed by atoms with E-state index in [0.29, 0.717) is 24.5 Å². The highest BCUT2D eigenvalue weighted by Crippen LogP contribution is 2.22. The van der Waals surface area contributed by atoms with Crippen molar-refractivity contribution in [1.29, 1.82) is 0 Å². The van der Waals surface area contributed by atoms with Crippen LogP contribution in [-0.2, 0) is 18.4 Å². The van der Waals surface area contributed by atoms with Gasteiger partial charge in [-0.2, -0.15) is 5.10 Å². The van der Waals surface area contributed by atoms with Gasteiger partial charge in [0.05, 0.1) is 18.8 Å². The number of nitrogens with zero attached hydrogens (tertiary/aromatic N) is 4. The summed E-state index contributed by atoms with van der Waals surface area (Å²) < 4.78 is 11.7. The molecule has 0 bridgehead atoms. The van der Waals surface area contributed by atoms with E-state index in [9.17, 15) is 9.59 Å². The summed E-state index contributed by atoms with van der Waals surface area (Å²) in [6.45, 7) is 7.31. The van der Waals surface area contributed by atoms with E-state index in [0.717, 1.165) is 5.56 Å². The average Bonchev–Trinajstić information content (AvgIpc) is 3.34. The van der Waals surface area contributed by atoms with E-state index in [1.54, 1.807) is 36.0 Å². The maximum absolute atomic E-state index is 12.9. The molecule has 9 nitrogen and oxygen atoms in total. The van der Waals surface area contributed by atoms with Crippen molar-refractivity contribution < 1.29 is 18.8 Å². The van der Waals surface area contributed by atoms with Gasteiger partial charge in [-0.3, -0.25) is 14.3 Å². The van der Waals surface area contributed by atoms with Gasteiger partial charge in [-0.15, -0.1) is 0 Å². The molecule has 2 aromatic rings. The second kappa shape index (κ2) is 8.14. The van der Waals surface area contributed by atoms with E-state index in [2.05, 4.69) is 15.6 Å². The summed E-state index contributed by atoms with van der Waals surface area (Å²) in [5.74, 6) is 0.0879. The number of aryl methyl sites for hydroxylation is 1. The van der Waals surface area contributed by atoms with Crippen molar-refractivity contribution >= 4 is 11.8 Å². The van der Waals surface area contributed by atoms with Gasteiger partial charge < -0.3 is 19.5 Å². The standard InChI is InChI=1S/C19H27N5O4/c1-11(2)14-7-20-23(4)17(14)18(25)21-15-9-24(8-12(15)3)19(26)16-6-13(10-27-5)22-28-16/h6-7,11-12,15H,8-10H2,1-5H3,(H,21,25)/t12-,15+/m1/s1. The Morgan fingerprint density at radius 2 is 2.14 bits per heavy atom. The van der Waals surface area contributed by atoms with Crippen LogP contribution in [0.4, 0.5) is 0 Å². The maximum Gasteiger partial charge on any atom is 0.292 e. The summed E-state index contributed by atoms with van der Waals surface area (Å²) >= 11 is 0. The number of nitrogens with one attached hydrogen (secondary N) is 1. The van der Waals surface area contributed by atoms with Crippen molar-refractivity contribution in [3.8, 4) is 0 Å². The molecule has 0 aromatic carbocycles. The summed E-state index contributed by atoms with van der Waals surface area (Å²) in [5.41, 5.74) is 2.04. The lowest BCUT2D eigenvalue weighted by molar-refractivity contribution is 0.0740. The molecule has 2 aromatic heterocycles. The third-order valence-corrected chi connectivity index (χ3v) is 5.08. The summed E-state index contributed by atoms with van der Waals surface area (Å²) in [7, 11) is 3.31. The van der Waals surface area contributed by atoms with Crippen LogP contribution in [-0.4, -0.2) is 57.9 Å². The number of hydrogen-bond donors (Lipinski definition) is 1. The Bertz CT molecular complexity index is 856. The van der Waals surface area contributed by atoms with E-state index < -0.39 is 0 Å². The van der Waals surface area contributed by atoms with Crippen LogP contribution in [0.3, 0.4) is 0 Å². The largest absolute Gasteiger partial charge is 0.378 e. The van der Waals surface area contributed by atoms with Crippen LogP contribution in [0.2, 0.25) is 0 Å². The minimum absolute atomic E-state index is 0.116. The van der Waals surface area contributed by atoms with Crippen LogP contribution in [0.5, 0.6) is 0 Å². The molecule has 1 fully saturated rings. The number of amides is 2. The predicted octanol–water partition coefficient (Wildman–Crippen LogP) is 1.57. The second-order valence-electron chi connectivity index (χ2n) is 7.61. The number of carbonyl (C=O) groups is 2. The van der Waals surface area contributed by atoms with E-state index >= 15 is 0 Å². The third-order valence-electron chi connectivity index (χ3n) is 5.08. The van der Waals surface area contributed by atoms with Gasteiger partial charge in [0.2, 0.25) is 5.76 Å². The molecule has 2 atom stereocenters. The fourth-order valence-electron chi connectivity index (χ4n) is 3.50. The van der Waals surface area contributed by atoms with Crippen molar-refractivity contribution in [2.75, 3.05) is 20.2 Å². The van der Waals surface area contributed by atoms with Gasteiger partial charge in [-0.1, -0.05) is 25.9 Å². The van der Waals surface area contributed by atoms with Crippen molar-refractivity contribution in [2.45, 2.75) is 39.3 Å². The number of methoxy groups -OCH3 is 1. The highest BCUT2D eigenvalue weighted by molar-refractivity contribution is 5.95. The minimum Gasteiger partial charge on any atom is -0.378 e. The molecule has 9 heteroatoms. The van der Waals surface area contributed by atoms with E-state index in [1.807, 2.05) is 20.8 Å². The van der Waals surface area contributed by atoms with Gasteiger partial charge in [0.25, 0.3) is 11.8 Å². The van der Waals surface area contributed by atoms with Crippen molar-refractivity contribution in [3.63, 3.8) is 0 Å². The summed E-state index contributed by atoms with van der Waals surface area (Å²) in [5, 5.41) is 11.1. The molecule has 1 saturated heterocycles. The van der Waals surface area contributed by atoms with Crippen molar-refractivity contribution in [3.05, 3.63) is 35.0 Å². The molecular formula is C19H27N5O4. The van der Waals surface area contributed by atoms with Crippen molar-refractivity contribution in [1.82, 2.24) is 25.2 Å². The molecule has 1 aliphatic rings. The monoisotopic (exact) mass is 389 g/mol. The molecule has 0 radical (unpaired) electrons. The molecular weight excluding hydrogens is 362 g/mol. The molecule has 2 amide bonds. The lowest BCUT2D eigenvalue weighted by Crippen LogP contribution is -2.41. The first-order valence-electron chi connectivity index (χ1n) is 9.38. The Kier molecular flexibility index (Phi) is 5.83. The average molecular weight is 389 g/mol. The van der Waals surface area contributed by atoms with E-state index in [4.69, 9.17) is 9.26 Å². The number of carbonyl (C=O) groups excluding carboxylic acids is 2. The Hall–Kier alpha value is -2.68. The van der Waals surface area contributed by atoms with Crippen molar-refractivity contribution in [2.24, 2.45) is 13.0 Å². The maximum atomic E-state index is 12.9. The Labute approximate surface area is 164 Å². The Morgan fingerprint density at radius 1 is 1.39 bits per heavy atom. The smallest absolute Gasteiger partial charge is 0.292 e. The lowest BCUT2D eigenvalue weighted by Gasteiger charge is -2.18. The fraction of sp³-hybridized carbons (Fsp3) is 0.579. The number of aromatic nitrogens is 3. The fourth-order valence-corrected chi connectivity index (χ4v) is 3.50. The normalized spacial score (nSPS) is 19.4. The first-order valence-corrected chi connectivity index (χ1v) is 9.38. The molecule has 3 rings (SSSR count). The number of likely N-dealkylation sites (tertiary alicyclic amines) is 1. The molecule has 1 N–H and O–H groups in total. The summed E-state index contributed by atoms with van der Waals surface area (Å²) in [4.78, 5) is 27.2.